The molecule has 0 amide bonds. The van der Waals surface area contributed by atoms with Gasteiger partial charge in [0.15, 0.2) is 0 Å². The normalized spacial score (nSPS) is 12.2. The molecule has 0 saturated carbocycles. The summed E-state index contributed by atoms with van der Waals surface area (Å²) in [6.45, 7) is -0.474. The molecule has 0 saturated heterocycles. The smallest absolute Gasteiger partial charge is 0.416 e. The van der Waals surface area contributed by atoms with Crippen molar-refractivity contribution in [2.45, 2.75) is 19.0 Å². The van der Waals surface area contributed by atoms with Gasteiger partial charge in [-0.25, -0.2) is 0 Å². The second-order valence-electron chi connectivity index (χ2n) is 5.55. The zero-order valence-corrected chi connectivity index (χ0v) is 13.4. The number of aromatic nitrogens is 3. The third-order valence-corrected chi connectivity index (χ3v) is 3.57. The Hall–Kier alpha value is -3.04. The van der Waals surface area contributed by atoms with Crippen LogP contribution < -0.4 is 4.74 Å². The Labute approximate surface area is 148 Å². The number of aromatic amines is 1. The van der Waals surface area contributed by atoms with Crippen LogP contribution in [0.25, 0.3) is 11.4 Å². The maximum Gasteiger partial charge on any atom is 0.416 e. The van der Waals surface area contributed by atoms with Gasteiger partial charge in [-0.3, -0.25) is 10.1 Å². The van der Waals surface area contributed by atoms with Gasteiger partial charge in [-0.15, -0.1) is 0 Å². The zero-order valence-electron chi connectivity index (χ0n) is 13.4. The number of H-pyrrole nitrogens is 1. The summed E-state index contributed by atoms with van der Waals surface area (Å²) in [7, 11) is 0. The van der Waals surface area contributed by atoms with Crippen LogP contribution in [0.1, 0.15) is 16.7 Å². The number of pyridine rings is 1. The van der Waals surface area contributed by atoms with Crippen LogP contribution in [-0.2, 0) is 19.0 Å². The number of hydrogen-bond acceptors (Lipinski definition) is 3. The van der Waals surface area contributed by atoms with Crippen LogP contribution in [0.4, 0.5) is 26.3 Å². The monoisotopic (exact) mass is 387 g/mol. The molecule has 0 unspecified atom stereocenters. The molecule has 0 bridgehead atoms. The summed E-state index contributed by atoms with van der Waals surface area (Å²) in [6, 6.07) is 6.09. The number of hydrogen-bond donors (Lipinski definition) is 1. The van der Waals surface area contributed by atoms with Crippen LogP contribution >= 0.6 is 0 Å². The minimum Gasteiger partial charge on any atom is -0.487 e. The van der Waals surface area contributed by atoms with E-state index in [9.17, 15) is 26.3 Å². The molecular formula is C17H11F6N3O. The van der Waals surface area contributed by atoms with Gasteiger partial charge in [-0.2, -0.15) is 31.4 Å². The predicted molar refractivity (Wildman–Crippen MR) is 82.6 cm³/mol. The van der Waals surface area contributed by atoms with E-state index in [1.807, 2.05) is 0 Å². The van der Waals surface area contributed by atoms with Crippen molar-refractivity contribution in [3.63, 3.8) is 0 Å². The topological polar surface area (TPSA) is 50.8 Å². The third-order valence-electron chi connectivity index (χ3n) is 3.57. The summed E-state index contributed by atoms with van der Waals surface area (Å²) < 4.78 is 82.4. The van der Waals surface area contributed by atoms with Gasteiger partial charge in [0.05, 0.1) is 28.7 Å². The molecule has 142 valence electrons. The van der Waals surface area contributed by atoms with E-state index < -0.39 is 30.1 Å². The first kappa shape index (κ1) is 18.7. The van der Waals surface area contributed by atoms with Crippen LogP contribution in [0.2, 0.25) is 0 Å². The molecule has 0 atom stereocenters. The largest absolute Gasteiger partial charge is 0.487 e. The van der Waals surface area contributed by atoms with Crippen molar-refractivity contribution < 1.29 is 31.1 Å². The lowest BCUT2D eigenvalue weighted by Gasteiger charge is -2.14. The first-order chi connectivity index (χ1) is 12.6. The summed E-state index contributed by atoms with van der Waals surface area (Å²) in [5, 5.41) is 6.48. The molecule has 0 radical (unpaired) electrons. The van der Waals surface area contributed by atoms with E-state index in [4.69, 9.17) is 4.74 Å². The standard InChI is InChI=1S/C17H11F6N3O/c18-16(19,20)11-5-10(6-12(7-11)17(21,22)23)9-27-13-1-2-14(24-8-13)15-3-4-25-26-15/h1-8H,9H2,(H,25,26). The van der Waals surface area contributed by atoms with Gasteiger partial charge in [-0.05, 0) is 42.0 Å². The lowest BCUT2D eigenvalue weighted by molar-refractivity contribution is -0.143. The van der Waals surface area contributed by atoms with Crippen LogP contribution in [0, 0.1) is 0 Å². The highest BCUT2D eigenvalue weighted by atomic mass is 19.4. The summed E-state index contributed by atoms with van der Waals surface area (Å²) in [4.78, 5) is 4.09. The summed E-state index contributed by atoms with van der Waals surface area (Å²) in [6.07, 6.45) is -6.95. The van der Waals surface area contributed by atoms with Crippen molar-refractivity contribution in [3.05, 3.63) is 65.5 Å². The molecule has 1 aromatic carbocycles. The fourth-order valence-electron chi connectivity index (χ4n) is 2.29. The molecule has 0 aliphatic rings. The van der Waals surface area contributed by atoms with E-state index in [0.717, 1.165) is 0 Å². The van der Waals surface area contributed by atoms with Crippen molar-refractivity contribution in [1.29, 1.82) is 0 Å². The van der Waals surface area contributed by atoms with Gasteiger partial charge < -0.3 is 4.74 Å². The minimum absolute atomic E-state index is 0.0737. The van der Waals surface area contributed by atoms with E-state index in [1.165, 1.54) is 18.5 Å². The molecule has 0 fully saturated rings. The van der Waals surface area contributed by atoms with Crippen LogP contribution in [0.5, 0.6) is 5.75 Å². The van der Waals surface area contributed by atoms with E-state index in [2.05, 4.69) is 15.2 Å². The maximum atomic E-state index is 12.9. The molecule has 4 nitrogen and oxygen atoms in total. The molecule has 2 heterocycles. The molecule has 10 heteroatoms. The maximum absolute atomic E-state index is 12.9. The first-order valence-electron chi connectivity index (χ1n) is 7.50. The van der Waals surface area contributed by atoms with Gasteiger partial charge in [0.1, 0.15) is 12.4 Å². The van der Waals surface area contributed by atoms with Crippen LogP contribution in [0.15, 0.2) is 48.8 Å². The molecule has 0 spiro atoms. The van der Waals surface area contributed by atoms with Crippen molar-refractivity contribution in [1.82, 2.24) is 15.2 Å². The average molecular weight is 387 g/mol. The van der Waals surface area contributed by atoms with Gasteiger partial charge >= 0.3 is 12.4 Å². The summed E-state index contributed by atoms with van der Waals surface area (Å²) in [5.74, 6) is 0.198. The molecule has 3 rings (SSSR count). The molecule has 27 heavy (non-hydrogen) atoms. The van der Waals surface area contributed by atoms with Gasteiger partial charge in [0.2, 0.25) is 0 Å². The average Bonchev–Trinajstić information content (AvgIpc) is 3.13. The molecule has 0 aliphatic carbocycles. The fraction of sp³-hybridized carbons (Fsp3) is 0.176. The number of ether oxygens (including phenoxy) is 1. The second kappa shape index (κ2) is 6.93. The van der Waals surface area contributed by atoms with E-state index >= 15 is 0 Å². The highest BCUT2D eigenvalue weighted by Gasteiger charge is 2.36. The van der Waals surface area contributed by atoms with Crippen molar-refractivity contribution >= 4 is 0 Å². The van der Waals surface area contributed by atoms with Gasteiger partial charge in [-0.1, -0.05) is 0 Å². The fourth-order valence-corrected chi connectivity index (χ4v) is 2.29. The molecular weight excluding hydrogens is 376 g/mol. The zero-order chi connectivity index (χ0) is 19.7. The second-order valence-corrected chi connectivity index (χ2v) is 5.55. The van der Waals surface area contributed by atoms with E-state index in [1.54, 1.807) is 12.1 Å². The molecule has 3 aromatic rings. The lowest BCUT2D eigenvalue weighted by Crippen LogP contribution is -2.12. The Morgan fingerprint density at radius 3 is 2.04 bits per heavy atom. The quantitative estimate of drug-likeness (QED) is 0.635. The van der Waals surface area contributed by atoms with Crippen molar-refractivity contribution in [2.75, 3.05) is 0 Å². The Balaban J connectivity index is 1.79. The Kier molecular flexibility index (Phi) is 4.81. The highest BCUT2D eigenvalue weighted by molar-refractivity contribution is 5.53. The van der Waals surface area contributed by atoms with Gasteiger partial charge in [0.25, 0.3) is 0 Å². The first-order valence-corrected chi connectivity index (χ1v) is 7.50. The number of alkyl halides is 6. The number of nitrogens with zero attached hydrogens (tertiary/aromatic N) is 2. The molecule has 0 aliphatic heterocycles. The van der Waals surface area contributed by atoms with E-state index in [-0.39, 0.29) is 17.4 Å². The number of benzene rings is 1. The highest BCUT2D eigenvalue weighted by Crippen LogP contribution is 2.36. The van der Waals surface area contributed by atoms with Crippen LogP contribution in [-0.4, -0.2) is 15.2 Å². The van der Waals surface area contributed by atoms with Crippen molar-refractivity contribution in [3.8, 4) is 17.1 Å². The third kappa shape index (κ3) is 4.57. The molecule has 2 aromatic heterocycles. The minimum atomic E-state index is -4.90. The van der Waals surface area contributed by atoms with Crippen molar-refractivity contribution in [2.24, 2.45) is 0 Å². The SMILES string of the molecule is FC(F)(F)c1cc(COc2ccc(-c3ccn[nH]3)nc2)cc(C(F)(F)F)c1. The summed E-state index contributed by atoms with van der Waals surface area (Å²) >= 11 is 0. The van der Waals surface area contributed by atoms with E-state index in [0.29, 0.717) is 23.5 Å². The summed E-state index contributed by atoms with van der Waals surface area (Å²) in [5.41, 5.74) is -1.82. The predicted octanol–water partition coefficient (Wildman–Crippen LogP) is 5.09. The molecule has 1 N–H and O–H groups in total. The Morgan fingerprint density at radius 1 is 0.889 bits per heavy atom. The number of rotatable bonds is 4. The Morgan fingerprint density at radius 2 is 1.56 bits per heavy atom. The van der Waals surface area contributed by atoms with Gasteiger partial charge in [0, 0.05) is 6.20 Å². The number of nitrogens with one attached hydrogen (secondary N) is 1. The Bertz CT molecular complexity index is 870. The van der Waals surface area contributed by atoms with Crippen LogP contribution in [0.3, 0.4) is 0 Å². The lowest BCUT2D eigenvalue weighted by atomic mass is 10.1. The number of halogens is 6.